The summed E-state index contributed by atoms with van der Waals surface area (Å²) in [7, 11) is 0. The van der Waals surface area contributed by atoms with E-state index in [0.717, 1.165) is 22.6 Å². The molecule has 0 saturated heterocycles. The normalized spacial score (nSPS) is 11.0. The number of benzene rings is 1. The quantitative estimate of drug-likeness (QED) is 0.627. The smallest absolute Gasteiger partial charge is 0.149 e. The first-order valence-corrected chi connectivity index (χ1v) is 7.48. The highest BCUT2D eigenvalue weighted by Crippen LogP contribution is 2.32. The summed E-state index contributed by atoms with van der Waals surface area (Å²) in [4.78, 5) is 16.0. The molecule has 1 N–H and O–H groups in total. The fourth-order valence-electron chi connectivity index (χ4n) is 2.34. The number of aromatic amines is 1. The molecule has 3 aromatic heterocycles. The van der Waals surface area contributed by atoms with Gasteiger partial charge in [0.25, 0.3) is 0 Å². The zero-order valence-corrected chi connectivity index (χ0v) is 12.0. The van der Waals surface area contributed by atoms with E-state index in [1.165, 1.54) is 22.2 Å². The van der Waals surface area contributed by atoms with Crippen LogP contribution in [0.15, 0.2) is 55.2 Å². The Balaban J connectivity index is 1.73. The minimum atomic E-state index is 0.910. The topological polar surface area (TPSA) is 54.5 Å². The highest BCUT2D eigenvalue weighted by molar-refractivity contribution is 7.21. The van der Waals surface area contributed by atoms with Crippen molar-refractivity contribution in [3.8, 4) is 10.6 Å². The summed E-state index contributed by atoms with van der Waals surface area (Å²) in [5, 5.41) is 0.951. The van der Waals surface area contributed by atoms with Gasteiger partial charge in [-0.2, -0.15) is 0 Å². The number of hydrogen-bond acceptors (Lipinski definition) is 4. The van der Waals surface area contributed by atoms with Gasteiger partial charge in [-0.15, -0.1) is 11.3 Å². The molecule has 0 radical (unpaired) electrons. The van der Waals surface area contributed by atoms with Gasteiger partial charge in [-0.1, -0.05) is 30.3 Å². The van der Waals surface area contributed by atoms with E-state index in [4.69, 9.17) is 0 Å². The number of fused-ring (bicyclic) bond motifs is 1. The number of aromatic nitrogens is 4. The zero-order valence-electron chi connectivity index (χ0n) is 11.2. The SMILES string of the molecule is c1ccc(Cc2c[nH]c3nc(-c4cncnc4)sc23)cc1. The molecule has 0 saturated carbocycles. The Hall–Kier alpha value is -2.53. The molecule has 102 valence electrons. The van der Waals surface area contributed by atoms with Crippen LogP contribution in [0, 0.1) is 0 Å². The molecule has 5 heteroatoms. The van der Waals surface area contributed by atoms with Crippen molar-refractivity contribution in [2.75, 3.05) is 0 Å². The van der Waals surface area contributed by atoms with Crippen molar-refractivity contribution in [2.45, 2.75) is 6.42 Å². The van der Waals surface area contributed by atoms with Gasteiger partial charge in [-0.25, -0.2) is 15.0 Å². The second kappa shape index (κ2) is 5.10. The maximum absolute atomic E-state index is 4.63. The van der Waals surface area contributed by atoms with E-state index in [1.807, 2.05) is 12.3 Å². The Kier molecular flexibility index (Phi) is 2.97. The number of nitrogens with one attached hydrogen (secondary N) is 1. The molecule has 0 spiro atoms. The van der Waals surface area contributed by atoms with Crippen LogP contribution in [-0.4, -0.2) is 19.9 Å². The summed E-state index contributed by atoms with van der Waals surface area (Å²) in [5.41, 5.74) is 4.47. The Morgan fingerprint density at radius 3 is 2.67 bits per heavy atom. The van der Waals surface area contributed by atoms with Crippen molar-refractivity contribution < 1.29 is 0 Å². The first-order valence-electron chi connectivity index (χ1n) is 6.66. The van der Waals surface area contributed by atoms with E-state index < -0.39 is 0 Å². The molecular weight excluding hydrogens is 280 g/mol. The number of H-pyrrole nitrogens is 1. The second-order valence-electron chi connectivity index (χ2n) is 4.80. The van der Waals surface area contributed by atoms with Crippen LogP contribution < -0.4 is 0 Å². The zero-order chi connectivity index (χ0) is 14.1. The maximum Gasteiger partial charge on any atom is 0.149 e. The summed E-state index contributed by atoms with van der Waals surface area (Å²) in [5.74, 6) is 0. The molecule has 3 heterocycles. The predicted molar refractivity (Wildman–Crippen MR) is 84.2 cm³/mol. The summed E-state index contributed by atoms with van der Waals surface area (Å²) in [6.07, 6.45) is 8.08. The van der Waals surface area contributed by atoms with Crippen LogP contribution in [0.25, 0.3) is 20.9 Å². The minimum absolute atomic E-state index is 0.910. The Labute approximate surface area is 125 Å². The average molecular weight is 292 g/mol. The van der Waals surface area contributed by atoms with Crippen LogP contribution in [0.1, 0.15) is 11.1 Å². The van der Waals surface area contributed by atoms with Crippen molar-refractivity contribution in [2.24, 2.45) is 0 Å². The second-order valence-corrected chi connectivity index (χ2v) is 5.80. The maximum atomic E-state index is 4.63. The minimum Gasteiger partial charge on any atom is -0.345 e. The third-order valence-corrected chi connectivity index (χ3v) is 4.53. The largest absolute Gasteiger partial charge is 0.345 e. The molecule has 0 atom stereocenters. The van der Waals surface area contributed by atoms with Gasteiger partial charge in [-0.05, 0) is 11.1 Å². The van der Waals surface area contributed by atoms with Crippen LogP contribution in [-0.2, 0) is 6.42 Å². The van der Waals surface area contributed by atoms with Gasteiger partial charge in [0, 0.05) is 30.6 Å². The van der Waals surface area contributed by atoms with Gasteiger partial charge in [0.15, 0.2) is 0 Å². The lowest BCUT2D eigenvalue weighted by Crippen LogP contribution is -1.84. The fourth-order valence-corrected chi connectivity index (χ4v) is 3.35. The van der Waals surface area contributed by atoms with Crippen LogP contribution in [0.3, 0.4) is 0 Å². The fraction of sp³-hybridized carbons (Fsp3) is 0.0625. The van der Waals surface area contributed by atoms with Crippen molar-refractivity contribution in [3.05, 3.63) is 66.4 Å². The molecule has 0 aliphatic carbocycles. The van der Waals surface area contributed by atoms with Crippen molar-refractivity contribution in [1.29, 1.82) is 0 Å². The van der Waals surface area contributed by atoms with Gasteiger partial charge < -0.3 is 4.98 Å². The molecule has 0 unspecified atom stereocenters. The van der Waals surface area contributed by atoms with Crippen molar-refractivity contribution in [1.82, 2.24) is 19.9 Å². The standard InChI is InChI=1S/C16H12N4S/c1-2-4-11(5-3-1)6-12-9-19-15-14(12)21-16(20-15)13-7-17-10-18-8-13/h1-5,7-10,19H,6H2. The van der Waals surface area contributed by atoms with Crippen molar-refractivity contribution >= 4 is 21.7 Å². The number of hydrogen-bond donors (Lipinski definition) is 1. The molecular formula is C16H12N4S. The molecule has 0 aliphatic rings. The first-order chi connectivity index (χ1) is 10.4. The van der Waals surface area contributed by atoms with E-state index in [2.05, 4.69) is 44.2 Å². The molecule has 21 heavy (non-hydrogen) atoms. The third kappa shape index (κ3) is 2.32. The molecule has 0 fully saturated rings. The first kappa shape index (κ1) is 12.2. The lowest BCUT2D eigenvalue weighted by Gasteiger charge is -1.98. The highest BCUT2D eigenvalue weighted by Gasteiger charge is 2.12. The number of nitrogens with zero attached hydrogens (tertiary/aromatic N) is 3. The van der Waals surface area contributed by atoms with Crippen LogP contribution in [0.2, 0.25) is 0 Å². The van der Waals surface area contributed by atoms with Gasteiger partial charge in [0.1, 0.15) is 17.0 Å². The Morgan fingerprint density at radius 2 is 1.86 bits per heavy atom. The average Bonchev–Trinajstić information content (AvgIpc) is 3.11. The van der Waals surface area contributed by atoms with E-state index in [9.17, 15) is 0 Å². The van der Waals surface area contributed by atoms with E-state index >= 15 is 0 Å². The summed E-state index contributed by atoms with van der Waals surface area (Å²) in [6, 6.07) is 10.5. The van der Waals surface area contributed by atoms with Crippen LogP contribution >= 0.6 is 11.3 Å². The predicted octanol–water partition coefficient (Wildman–Crippen LogP) is 3.67. The summed E-state index contributed by atoms with van der Waals surface area (Å²) >= 11 is 1.68. The van der Waals surface area contributed by atoms with Crippen molar-refractivity contribution in [3.63, 3.8) is 0 Å². The number of thiazole rings is 1. The van der Waals surface area contributed by atoms with Gasteiger partial charge in [-0.3, -0.25) is 0 Å². The summed E-state index contributed by atoms with van der Waals surface area (Å²) < 4.78 is 1.21. The van der Waals surface area contributed by atoms with Gasteiger partial charge >= 0.3 is 0 Å². The van der Waals surface area contributed by atoms with Gasteiger partial charge in [0.05, 0.1) is 4.70 Å². The lowest BCUT2D eigenvalue weighted by molar-refractivity contribution is 1.17. The lowest BCUT2D eigenvalue weighted by atomic mass is 10.1. The molecule has 4 nitrogen and oxygen atoms in total. The summed E-state index contributed by atoms with van der Waals surface area (Å²) in [6.45, 7) is 0. The van der Waals surface area contributed by atoms with E-state index in [1.54, 1.807) is 23.7 Å². The number of rotatable bonds is 3. The van der Waals surface area contributed by atoms with Crippen LogP contribution in [0.5, 0.6) is 0 Å². The molecule has 0 amide bonds. The van der Waals surface area contributed by atoms with E-state index in [-0.39, 0.29) is 0 Å². The van der Waals surface area contributed by atoms with Crippen LogP contribution in [0.4, 0.5) is 0 Å². The Bertz CT molecular complexity index is 865. The van der Waals surface area contributed by atoms with Gasteiger partial charge in [0.2, 0.25) is 0 Å². The highest BCUT2D eigenvalue weighted by atomic mass is 32.1. The molecule has 4 aromatic rings. The molecule has 0 aliphatic heterocycles. The molecule has 1 aromatic carbocycles. The molecule has 4 rings (SSSR count). The monoisotopic (exact) mass is 292 g/mol. The molecule has 0 bridgehead atoms. The van der Waals surface area contributed by atoms with E-state index in [0.29, 0.717) is 0 Å². The Morgan fingerprint density at radius 1 is 1.05 bits per heavy atom. The third-order valence-electron chi connectivity index (χ3n) is 3.35.